The van der Waals surface area contributed by atoms with Gasteiger partial charge in [0.2, 0.25) is 0 Å². The number of phenols is 2. The Kier molecular flexibility index (Phi) is 2.58. The molecular weight excluding hydrogens is 154 g/mol. The van der Waals surface area contributed by atoms with Crippen LogP contribution in [0.4, 0.5) is 5.69 Å². The summed E-state index contributed by atoms with van der Waals surface area (Å²) in [4.78, 5) is 0. The van der Waals surface area contributed by atoms with Gasteiger partial charge in [0.1, 0.15) is 11.5 Å². The molecule has 64 valence electrons. The molecule has 0 bridgehead atoms. The van der Waals surface area contributed by atoms with Crippen LogP contribution in [0.15, 0.2) is 30.9 Å². The lowest BCUT2D eigenvalue weighted by atomic mass is 10.3. The molecule has 0 aliphatic rings. The van der Waals surface area contributed by atoms with Gasteiger partial charge in [-0.1, -0.05) is 6.08 Å². The second-order valence-corrected chi connectivity index (χ2v) is 2.37. The third-order valence-corrected chi connectivity index (χ3v) is 1.42. The lowest BCUT2D eigenvalue weighted by Crippen LogP contribution is -1.97. The first-order valence-corrected chi connectivity index (χ1v) is 3.61. The van der Waals surface area contributed by atoms with Gasteiger partial charge in [0.25, 0.3) is 0 Å². The molecule has 0 aliphatic carbocycles. The van der Waals surface area contributed by atoms with Crippen LogP contribution >= 0.6 is 0 Å². The van der Waals surface area contributed by atoms with Crippen molar-refractivity contribution < 1.29 is 10.2 Å². The van der Waals surface area contributed by atoms with Gasteiger partial charge in [0, 0.05) is 12.6 Å². The van der Waals surface area contributed by atoms with Crippen LogP contribution in [-0.2, 0) is 0 Å². The summed E-state index contributed by atoms with van der Waals surface area (Å²) in [5.41, 5.74) is 0.590. The molecule has 0 fully saturated rings. The van der Waals surface area contributed by atoms with Crippen LogP contribution in [0.25, 0.3) is 0 Å². The number of benzene rings is 1. The molecule has 3 nitrogen and oxygen atoms in total. The number of nitrogens with one attached hydrogen (secondary N) is 1. The molecule has 1 rings (SSSR count). The highest BCUT2D eigenvalue weighted by Crippen LogP contribution is 2.26. The van der Waals surface area contributed by atoms with E-state index in [9.17, 15) is 5.11 Å². The summed E-state index contributed by atoms with van der Waals surface area (Å²) in [7, 11) is 0. The molecule has 0 heterocycles. The number of rotatable bonds is 3. The number of hydrogen-bond donors (Lipinski definition) is 3. The first-order chi connectivity index (χ1) is 5.74. The molecule has 3 N–H and O–H groups in total. The fourth-order valence-electron chi connectivity index (χ4n) is 0.852. The molecule has 0 spiro atoms. The molecule has 12 heavy (non-hydrogen) atoms. The number of aromatic hydroxyl groups is 2. The maximum absolute atomic E-state index is 9.26. The van der Waals surface area contributed by atoms with Crippen LogP contribution in [0.1, 0.15) is 0 Å². The Morgan fingerprint density at radius 1 is 1.42 bits per heavy atom. The highest BCUT2D eigenvalue weighted by molar-refractivity contribution is 5.58. The Balaban J connectivity index is 2.78. The largest absolute Gasteiger partial charge is 0.508 e. The van der Waals surface area contributed by atoms with E-state index in [2.05, 4.69) is 11.9 Å². The minimum absolute atomic E-state index is 0.0388. The van der Waals surface area contributed by atoms with E-state index < -0.39 is 0 Å². The number of hydrogen-bond acceptors (Lipinski definition) is 3. The van der Waals surface area contributed by atoms with Crippen LogP contribution in [0.3, 0.4) is 0 Å². The maximum Gasteiger partial charge on any atom is 0.142 e. The molecule has 0 atom stereocenters. The molecule has 1 aromatic carbocycles. The molecule has 1 aromatic rings. The van der Waals surface area contributed by atoms with E-state index in [1.165, 1.54) is 12.1 Å². The average molecular weight is 165 g/mol. The van der Waals surface area contributed by atoms with Crippen molar-refractivity contribution in [1.29, 1.82) is 0 Å². The summed E-state index contributed by atoms with van der Waals surface area (Å²) in [6, 6.07) is 4.39. The number of anilines is 1. The molecular formula is C9H11NO2. The van der Waals surface area contributed by atoms with Crippen LogP contribution < -0.4 is 5.32 Å². The zero-order valence-corrected chi connectivity index (χ0v) is 6.62. The van der Waals surface area contributed by atoms with E-state index in [-0.39, 0.29) is 11.5 Å². The van der Waals surface area contributed by atoms with E-state index in [1.807, 2.05) is 0 Å². The van der Waals surface area contributed by atoms with Crippen LogP contribution in [0, 0.1) is 0 Å². The van der Waals surface area contributed by atoms with Gasteiger partial charge in [-0.2, -0.15) is 0 Å². The van der Waals surface area contributed by atoms with Gasteiger partial charge in [-0.25, -0.2) is 0 Å². The average Bonchev–Trinajstić information content (AvgIpc) is 2.03. The molecule has 0 saturated carbocycles. The first-order valence-electron chi connectivity index (χ1n) is 3.61. The fraction of sp³-hybridized carbons (Fsp3) is 0.111. The first kappa shape index (κ1) is 8.46. The summed E-state index contributed by atoms with van der Waals surface area (Å²) in [5, 5.41) is 21.1. The quantitative estimate of drug-likeness (QED) is 0.363. The second-order valence-electron chi connectivity index (χ2n) is 2.37. The van der Waals surface area contributed by atoms with Gasteiger partial charge in [-0.3, -0.25) is 0 Å². The van der Waals surface area contributed by atoms with Crippen LogP contribution in [0.5, 0.6) is 11.5 Å². The van der Waals surface area contributed by atoms with Gasteiger partial charge in [0.05, 0.1) is 5.69 Å². The Morgan fingerprint density at radius 2 is 2.17 bits per heavy atom. The van der Waals surface area contributed by atoms with E-state index >= 15 is 0 Å². The van der Waals surface area contributed by atoms with Crippen molar-refractivity contribution in [3.8, 4) is 11.5 Å². The zero-order chi connectivity index (χ0) is 8.97. The summed E-state index contributed by atoms with van der Waals surface area (Å²) in [6.07, 6.45) is 1.69. The van der Waals surface area contributed by atoms with Crippen LogP contribution in [-0.4, -0.2) is 16.8 Å². The Morgan fingerprint density at radius 3 is 2.75 bits per heavy atom. The lowest BCUT2D eigenvalue weighted by Gasteiger charge is -2.05. The van der Waals surface area contributed by atoms with Crippen molar-refractivity contribution in [2.75, 3.05) is 11.9 Å². The maximum atomic E-state index is 9.26. The topological polar surface area (TPSA) is 52.5 Å². The smallest absolute Gasteiger partial charge is 0.142 e. The highest BCUT2D eigenvalue weighted by Gasteiger charge is 1.99. The second kappa shape index (κ2) is 3.67. The molecule has 0 amide bonds. The van der Waals surface area contributed by atoms with Crippen molar-refractivity contribution in [2.24, 2.45) is 0 Å². The third-order valence-electron chi connectivity index (χ3n) is 1.42. The SMILES string of the molecule is C=CCNc1ccc(O)cc1O. The predicted molar refractivity (Wildman–Crippen MR) is 48.5 cm³/mol. The van der Waals surface area contributed by atoms with Crippen molar-refractivity contribution in [2.45, 2.75) is 0 Å². The van der Waals surface area contributed by atoms with Crippen molar-refractivity contribution >= 4 is 5.69 Å². The normalized spacial score (nSPS) is 9.33. The van der Waals surface area contributed by atoms with Gasteiger partial charge in [0.15, 0.2) is 0 Å². The minimum Gasteiger partial charge on any atom is -0.508 e. The van der Waals surface area contributed by atoms with Crippen LogP contribution in [0.2, 0.25) is 0 Å². The molecule has 3 heteroatoms. The minimum atomic E-state index is 0.0388. The van der Waals surface area contributed by atoms with E-state index in [1.54, 1.807) is 12.1 Å². The zero-order valence-electron chi connectivity index (χ0n) is 6.62. The Hall–Kier alpha value is -1.64. The third kappa shape index (κ3) is 1.92. The van der Waals surface area contributed by atoms with Crippen molar-refractivity contribution in [3.05, 3.63) is 30.9 Å². The molecule has 0 radical (unpaired) electrons. The molecule has 0 aromatic heterocycles. The van der Waals surface area contributed by atoms with E-state index in [0.29, 0.717) is 12.2 Å². The fourth-order valence-corrected chi connectivity index (χ4v) is 0.852. The van der Waals surface area contributed by atoms with E-state index in [4.69, 9.17) is 5.11 Å². The predicted octanol–water partition coefficient (Wildman–Crippen LogP) is 1.70. The summed E-state index contributed by atoms with van der Waals surface area (Å²) in [5.74, 6) is 0.0912. The Bertz CT molecular complexity index is 284. The number of phenolic OH excluding ortho intramolecular Hbond substituents is 2. The van der Waals surface area contributed by atoms with Gasteiger partial charge >= 0.3 is 0 Å². The summed E-state index contributed by atoms with van der Waals surface area (Å²) in [6.45, 7) is 4.11. The molecule has 0 saturated heterocycles. The van der Waals surface area contributed by atoms with Crippen molar-refractivity contribution in [3.63, 3.8) is 0 Å². The highest BCUT2D eigenvalue weighted by atomic mass is 16.3. The van der Waals surface area contributed by atoms with Gasteiger partial charge < -0.3 is 15.5 Å². The lowest BCUT2D eigenvalue weighted by molar-refractivity contribution is 0.452. The van der Waals surface area contributed by atoms with E-state index in [0.717, 1.165) is 0 Å². The summed E-state index contributed by atoms with van der Waals surface area (Å²) < 4.78 is 0. The molecule has 0 unspecified atom stereocenters. The summed E-state index contributed by atoms with van der Waals surface area (Å²) >= 11 is 0. The Labute approximate surface area is 71.0 Å². The van der Waals surface area contributed by atoms with Crippen molar-refractivity contribution in [1.82, 2.24) is 0 Å². The monoisotopic (exact) mass is 165 g/mol. The molecule has 0 aliphatic heterocycles. The van der Waals surface area contributed by atoms with Gasteiger partial charge in [-0.15, -0.1) is 6.58 Å². The van der Waals surface area contributed by atoms with Gasteiger partial charge in [-0.05, 0) is 12.1 Å². The standard InChI is InChI=1S/C9H11NO2/c1-2-5-10-8-4-3-7(11)6-9(8)12/h2-4,6,10-12H,1,5H2.